The minimum absolute atomic E-state index is 0.280. The lowest BCUT2D eigenvalue weighted by Crippen LogP contribution is -2.45. The smallest absolute Gasteiger partial charge is 0.308 e. The van der Waals surface area contributed by atoms with E-state index in [1.807, 2.05) is 19.9 Å². The molecule has 1 aliphatic heterocycles. The number of hydrogen-bond acceptors (Lipinski definition) is 3. The predicted molar refractivity (Wildman–Crippen MR) is 110 cm³/mol. The van der Waals surface area contributed by atoms with Gasteiger partial charge in [0.15, 0.2) is 0 Å². The van der Waals surface area contributed by atoms with Crippen molar-refractivity contribution in [3.63, 3.8) is 0 Å². The van der Waals surface area contributed by atoms with E-state index in [9.17, 15) is 14.4 Å². The van der Waals surface area contributed by atoms with E-state index in [2.05, 4.69) is 10.6 Å². The zero-order valence-electron chi connectivity index (χ0n) is 16.4. The van der Waals surface area contributed by atoms with Crippen LogP contribution in [0, 0.1) is 13.8 Å². The number of benzene rings is 2. The lowest BCUT2D eigenvalue weighted by molar-refractivity contribution is 0.0507. The molecule has 7 heteroatoms. The van der Waals surface area contributed by atoms with Crippen LogP contribution in [0.15, 0.2) is 30.3 Å². The Kier molecular flexibility index (Phi) is 4.93. The molecule has 0 aliphatic carbocycles. The number of nitrogens with zero attached hydrogens (tertiary/aromatic N) is 1. The van der Waals surface area contributed by atoms with Crippen LogP contribution in [-0.2, 0) is 0 Å². The van der Waals surface area contributed by atoms with Crippen molar-refractivity contribution in [2.45, 2.75) is 40.2 Å². The van der Waals surface area contributed by atoms with Crippen LogP contribution < -0.4 is 10.6 Å². The monoisotopic (exact) mass is 399 g/mol. The van der Waals surface area contributed by atoms with E-state index in [-0.39, 0.29) is 17.4 Å². The zero-order valence-corrected chi connectivity index (χ0v) is 17.2. The van der Waals surface area contributed by atoms with Gasteiger partial charge in [-0.1, -0.05) is 17.7 Å². The van der Waals surface area contributed by atoms with Crippen LogP contribution in [-0.4, -0.2) is 28.3 Å². The molecule has 146 valence electrons. The molecule has 1 aliphatic rings. The molecule has 28 heavy (non-hydrogen) atoms. The Labute approximate surface area is 168 Å². The Bertz CT molecular complexity index is 985. The average Bonchev–Trinajstić information content (AvgIpc) is 2.81. The van der Waals surface area contributed by atoms with Gasteiger partial charge in [0.2, 0.25) is 0 Å². The van der Waals surface area contributed by atoms with Gasteiger partial charge in [0.05, 0.1) is 21.8 Å². The van der Waals surface area contributed by atoms with E-state index >= 15 is 0 Å². The molecule has 0 fully saturated rings. The molecule has 0 atom stereocenters. The minimum atomic E-state index is -0.627. The van der Waals surface area contributed by atoms with Gasteiger partial charge in [0.1, 0.15) is 0 Å². The molecule has 0 spiro atoms. The maximum Gasteiger partial charge on any atom is 0.323 e. The van der Waals surface area contributed by atoms with Crippen LogP contribution in [0.4, 0.5) is 16.2 Å². The van der Waals surface area contributed by atoms with Crippen molar-refractivity contribution in [1.29, 1.82) is 0 Å². The summed E-state index contributed by atoms with van der Waals surface area (Å²) in [5, 5.41) is 5.87. The largest absolute Gasteiger partial charge is 0.323 e. The highest BCUT2D eigenvalue weighted by Gasteiger charge is 2.41. The third-order valence-electron chi connectivity index (χ3n) is 4.49. The molecule has 0 saturated heterocycles. The molecular formula is C21H22ClN3O3. The average molecular weight is 400 g/mol. The molecule has 2 aromatic rings. The number of aryl methyl sites for hydroxylation is 2. The summed E-state index contributed by atoms with van der Waals surface area (Å²) in [6, 6.07) is 7.87. The van der Waals surface area contributed by atoms with E-state index < -0.39 is 11.6 Å². The number of halogens is 1. The molecule has 6 nitrogen and oxygen atoms in total. The topological polar surface area (TPSA) is 78.5 Å². The second kappa shape index (κ2) is 6.95. The summed E-state index contributed by atoms with van der Waals surface area (Å²) >= 11 is 6.22. The fraction of sp³-hybridized carbons (Fsp3) is 0.286. The molecular weight excluding hydrogens is 378 g/mol. The normalized spacial score (nSPS) is 13.6. The number of amides is 4. The zero-order chi connectivity index (χ0) is 20.8. The van der Waals surface area contributed by atoms with E-state index in [0.717, 1.165) is 11.1 Å². The van der Waals surface area contributed by atoms with Gasteiger partial charge in [-0.05, 0) is 70.0 Å². The Morgan fingerprint density at radius 2 is 1.61 bits per heavy atom. The fourth-order valence-corrected chi connectivity index (χ4v) is 3.65. The first-order valence-corrected chi connectivity index (χ1v) is 9.24. The van der Waals surface area contributed by atoms with Crippen molar-refractivity contribution in [2.24, 2.45) is 0 Å². The quantitative estimate of drug-likeness (QED) is 0.698. The first-order valence-electron chi connectivity index (χ1n) is 8.86. The number of imide groups is 1. The molecule has 2 aromatic carbocycles. The van der Waals surface area contributed by atoms with Crippen molar-refractivity contribution in [3.8, 4) is 0 Å². The lowest BCUT2D eigenvalue weighted by atomic mass is 10.1. The lowest BCUT2D eigenvalue weighted by Gasteiger charge is -2.29. The van der Waals surface area contributed by atoms with Crippen molar-refractivity contribution >= 4 is 40.8 Å². The fourth-order valence-electron chi connectivity index (χ4n) is 3.28. The highest BCUT2D eigenvalue weighted by molar-refractivity contribution is 6.34. The molecule has 0 radical (unpaired) electrons. The standard InChI is InChI=1S/C21H22ClN3O3/c1-11-8-12(2)17(16(22)9-11)24-20(28)23-13-6-7-14-15(10-13)19(27)25(18(14)26)21(3,4)5/h6-10H,1-5H3,(H2,23,24,28). The van der Waals surface area contributed by atoms with Crippen molar-refractivity contribution in [3.05, 3.63) is 57.6 Å². The number of anilines is 2. The number of carbonyl (C=O) groups excluding carboxylic acids is 3. The Balaban J connectivity index is 1.81. The molecule has 0 aromatic heterocycles. The maximum atomic E-state index is 12.7. The van der Waals surface area contributed by atoms with Gasteiger partial charge in [0.25, 0.3) is 11.8 Å². The first kappa shape index (κ1) is 19.9. The number of urea groups is 1. The van der Waals surface area contributed by atoms with Crippen molar-refractivity contribution in [1.82, 2.24) is 4.90 Å². The Morgan fingerprint density at radius 1 is 0.964 bits per heavy atom. The first-order chi connectivity index (χ1) is 13.0. The van der Waals surface area contributed by atoms with E-state index in [1.54, 1.807) is 39.0 Å². The number of fused-ring (bicyclic) bond motifs is 1. The van der Waals surface area contributed by atoms with Crippen LogP contribution in [0.25, 0.3) is 0 Å². The number of carbonyl (C=O) groups is 3. The molecule has 4 amide bonds. The van der Waals surface area contributed by atoms with E-state index in [0.29, 0.717) is 22.0 Å². The number of hydrogen-bond donors (Lipinski definition) is 2. The van der Waals surface area contributed by atoms with Gasteiger partial charge >= 0.3 is 6.03 Å². The SMILES string of the molecule is Cc1cc(C)c(NC(=O)Nc2ccc3c(c2)C(=O)N(C(C)(C)C)C3=O)c(Cl)c1. The Hall–Kier alpha value is -2.86. The highest BCUT2D eigenvalue weighted by atomic mass is 35.5. The van der Waals surface area contributed by atoms with Crippen molar-refractivity contribution < 1.29 is 14.4 Å². The van der Waals surface area contributed by atoms with Crippen molar-refractivity contribution in [2.75, 3.05) is 10.6 Å². The summed E-state index contributed by atoms with van der Waals surface area (Å²) < 4.78 is 0. The van der Waals surface area contributed by atoms with Gasteiger partial charge in [-0.25, -0.2) is 4.79 Å². The summed E-state index contributed by atoms with van der Waals surface area (Å²) in [6.45, 7) is 9.18. The van der Waals surface area contributed by atoms with Gasteiger partial charge in [0, 0.05) is 11.2 Å². The molecule has 2 N–H and O–H groups in total. The second-order valence-electron chi connectivity index (χ2n) is 7.89. The van der Waals surface area contributed by atoms with Crippen LogP contribution in [0.3, 0.4) is 0 Å². The van der Waals surface area contributed by atoms with Crippen LogP contribution >= 0.6 is 11.6 Å². The number of nitrogens with one attached hydrogen (secondary N) is 2. The van der Waals surface area contributed by atoms with Gasteiger partial charge in [-0.2, -0.15) is 0 Å². The number of rotatable bonds is 2. The van der Waals surface area contributed by atoms with Gasteiger partial charge in [-0.15, -0.1) is 0 Å². The third-order valence-corrected chi connectivity index (χ3v) is 4.78. The Morgan fingerprint density at radius 3 is 2.21 bits per heavy atom. The highest BCUT2D eigenvalue weighted by Crippen LogP contribution is 2.31. The molecule has 0 saturated carbocycles. The van der Waals surface area contributed by atoms with Gasteiger partial charge < -0.3 is 10.6 Å². The maximum absolute atomic E-state index is 12.7. The third kappa shape index (κ3) is 3.60. The van der Waals surface area contributed by atoms with Crippen LogP contribution in [0.1, 0.15) is 52.6 Å². The van der Waals surface area contributed by atoms with E-state index in [4.69, 9.17) is 11.6 Å². The second-order valence-corrected chi connectivity index (χ2v) is 8.30. The van der Waals surface area contributed by atoms with Crippen LogP contribution in [0.5, 0.6) is 0 Å². The van der Waals surface area contributed by atoms with Crippen LogP contribution in [0.2, 0.25) is 5.02 Å². The summed E-state index contributed by atoms with van der Waals surface area (Å²) in [6.07, 6.45) is 0. The molecule has 0 bridgehead atoms. The summed E-state index contributed by atoms with van der Waals surface area (Å²) in [5.74, 6) is -0.695. The molecule has 3 rings (SSSR count). The molecule has 0 unspecified atom stereocenters. The van der Waals surface area contributed by atoms with E-state index in [1.165, 1.54) is 11.0 Å². The summed E-state index contributed by atoms with van der Waals surface area (Å²) in [5.41, 5.74) is 2.77. The van der Waals surface area contributed by atoms with Gasteiger partial charge in [-0.3, -0.25) is 14.5 Å². The predicted octanol–water partition coefficient (Wildman–Crippen LogP) is 5.00. The minimum Gasteiger partial charge on any atom is -0.308 e. The summed E-state index contributed by atoms with van der Waals surface area (Å²) in [7, 11) is 0. The summed E-state index contributed by atoms with van der Waals surface area (Å²) in [4.78, 5) is 38.8. The molecule has 1 heterocycles.